The lowest BCUT2D eigenvalue weighted by molar-refractivity contribution is -0.117. The highest BCUT2D eigenvalue weighted by molar-refractivity contribution is 6.34. The maximum absolute atomic E-state index is 11.9. The minimum Gasteiger partial charge on any atom is -0.497 e. The van der Waals surface area contributed by atoms with E-state index in [1.54, 1.807) is 36.3 Å². The number of alkyl halides is 1. The van der Waals surface area contributed by atoms with Crippen molar-refractivity contribution in [3.63, 3.8) is 0 Å². The van der Waals surface area contributed by atoms with Gasteiger partial charge in [0.15, 0.2) is 0 Å². The number of carbonyl (C=O) groups excluding carboxylic acids is 1. The van der Waals surface area contributed by atoms with Crippen LogP contribution in [-0.2, 0) is 4.79 Å². The number of amides is 1. The van der Waals surface area contributed by atoms with Crippen LogP contribution in [0.25, 0.3) is 0 Å². The van der Waals surface area contributed by atoms with Crippen LogP contribution in [0.3, 0.4) is 0 Å². The number of hydrogen-bond acceptors (Lipinski definition) is 3. The van der Waals surface area contributed by atoms with Gasteiger partial charge < -0.3 is 14.7 Å². The van der Waals surface area contributed by atoms with Crippen LogP contribution < -0.4 is 9.64 Å². The van der Waals surface area contributed by atoms with Crippen LogP contribution in [0, 0.1) is 5.92 Å². The fraction of sp³-hybridized carbons (Fsp3) is 0.417. The van der Waals surface area contributed by atoms with Crippen LogP contribution in [-0.4, -0.2) is 36.7 Å². The third-order valence-corrected chi connectivity index (χ3v) is 3.49. The molecule has 1 aromatic carbocycles. The van der Waals surface area contributed by atoms with E-state index in [2.05, 4.69) is 0 Å². The van der Waals surface area contributed by atoms with Gasteiger partial charge in [-0.05, 0) is 24.3 Å². The minimum atomic E-state index is -0.637. The summed E-state index contributed by atoms with van der Waals surface area (Å²) < 4.78 is 5.05. The molecule has 17 heavy (non-hydrogen) atoms. The molecule has 2 unspecified atom stereocenters. The maximum Gasteiger partial charge on any atom is 0.245 e. The first-order valence-electron chi connectivity index (χ1n) is 5.37. The molecule has 1 saturated heterocycles. The monoisotopic (exact) mass is 255 g/mol. The van der Waals surface area contributed by atoms with Crippen molar-refractivity contribution in [1.82, 2.24) is 0 Å². The number of benzene rings is 1. The zero-order valence-corrected chi connectivity index (χ0v) is 10.2. The molecule has 1 aliphatic heterocycles. The summed E-state index contributed by atoms with van der Waals surface area (Å²) >= 11 is 5.96. The second-order valence-electron chi connectivity index (χ2n) is 3.99. The van der Waals surface area contributed by atoms with Gasteiger partial charge in [0, 0.05) is 24.8 Å². The normalized spacial score (nSPS) is 24.2. The zero-order valence-electron chi connectivity index (χ0n) is 9.47. The van der Waals surface area contributed by atoms with Crippen molar-refractivity contribution in [2.24, 2.45) is 5.92 Å². The summed E-state index contributed by atoms with van der Waals surface area (Å²) in [5, 5.41) is 8.48. The fourth-order valence-electron chi connectivity index (χ4n) is 1.91. The van der Waals surface area contributed by atoms with Gasteiger partial charge in [-0.1, -0.05) is 0 Å². The lowest BCUT2D eigenvalue weighted by atomic mass is 10.1. The Bertz CT molecular complexity index is 407. The van der Waals surface area contributed by atoms with Crippen LogP contribution in [0.4, 0.5) is 5.69 Å². The van der Waals surface area contributed by atoms with Crippen LogP contribution >= 0.6 is 11.6 Å². The molecule has 1 amide bonds. The minimum absolute atomic E-state index is 0.0768. The highest BCUT2D eigenvalue weighted by atomic mass is 35.5. The number of carbonyl (C=O) groups is 1. The highest BCUT2D eigenvalue weighted by Gasteiger charge is 2.39. The summed E-state index contributed by atoms with van der Waals surface area (Å²) in [4.78, 5) is 13.5. The van der Waals surface area contributed by atoms with Crippen molar-refractivity contribution in [3.8, 4) is 5.75 Å². The first-order chi connectivity index (χ1) is 8.17. The average molecular weight is 256 g/mol. The SMILES string of the molecule is COc1ccc(N2CC(CO)C(Cl)C2=O)cc1. The molecule has 5 heteroatoms. The first kappa shape index (κ1) is 12.2. The molecule has 0 aromatic heterocycles. The molecule has 0 spiro atoms. The molecule has 2 atom stereocenters. The van der Waals surface area contributed by atoms with E-state index in [4.69, 9.17) is 21.4 Å². The van der Waals surface area contributed by atoms with E-state index in [9.17, 15) is 4.79 Å². The summed E-state index contributed by atoms with van der Waals surface area (Å²) in [5.41, 5.74) is 0.775. The molecule has 1 aliphatic rings. The second kappa shape index (κ2) is 4.94. The fourth-order valence-corrected chi connectivity index (χ4v) is 2.19. The van der Waals surface area contributed by atoms with E-state index in [1.807, 2.05) is 0 Å². The van der Waals surface area contributed by atoms with Crippen molar-refractivity contribution < 1.29 is 14.6 Å². The smallest absolute Gasteiger partial charge is 0.245 e. The third-order valence-electron chi connectivity index (χ3n) is 2.95. The Morgan fingerprint density at radius 2 is 2.12 bits per heavy atom. The number of ether oxygens (including phenoxy) is 1. The number of rotatable bonds is 3. The van der Waals surface area contributed by atoms with Crippen molar-refractivity contribution in [1.29, 1.82) is 0 Å². The number of aliphatic hydroxyl groups is 1. The Labute approximate surface area is 105 Å². The van der Waals surface area contributed by atoms with Gasteiger partial charge in [-0.15, -0.1) is 11.6 Å². The van der Waals surface area contributed by atoms with Gasteiger partial charge >= 0.3 is 0 Å². The van der Waals surface area contributed by atoms with Crippen molar-refractivity contribution in [2.75, 3.05) is 25.2 Å². The molecular weight excluding hydrogens is 242 g/mol. The topological polar surface area (TPSA) is 49.8 Å². The van der Waals surface area contributed by atoms with Crippen LogP contribution in [0.2, 0.25) is 0 Å². The van der Waals surface area contributed by atoms with E-state index in [0.717, 1.165) is 11.4 Å². The maximum atomic E-state index is 11.9. The van der Waals surface area contributed by atoms with E-state index in [1.165, 1.54) is 0 Å². The lowest BCUT2D eigenvalue weighted by Crippen LogP contribution is -2.27. The van der Waals surface area contributed by atoms with Crippen molar-refractivity contribution >= 4 is 23.2 Å². The van der Waals surface area contributed by atoms with Crippen LogP contribution in [0.5, 0.6) is 5.75 Å². The number of nitrogens with zero attached hydrogens (tertiary/aromatic N) is 1. The third kappa shape index (κ3) is 2.23. The van der Waals surface area contributed by atoms with E-state index in [0.29, 0.717) is 6.54 Å². The molecule has 1 aromatic rings. The predicted molar refractivity (Wildman–Crippen MR) is 65.6 cm³/mol. The summed E-state index contributed by atoms with van der Waals surface area (Å²) in [6.07, 6.45) is 0. The predicted octanol–water partition coefficient (Wildman–Crippen LogP) is 1.26. The van der Waals surface area contributed by atoms with Gasteiger partial charge in [0.25, 0.3) is 0 Å². The second-order valence-corrected chi connectivity index (χ2v) is 4.46. The van der Waals surface area contributed by atoms with Crippen molar-refractivity contribution in [3.05, 3.63) is 24.3 Å². The Kier molecular flexibility index (Phi) is 3.54. The molecule has 0 aliphatic carbocycles. The van der Waals surface area contributed by atoms with Gasteiger partial charge in [0.05, 0.1) is 7.11 Å². The quantitative estimate of drug-likeness (QED) is 0.828. The Balaban J connectivity index is 2.20. The van der Waals surface area contributed by atoms with Crippen LogP contribution in [0.1, 0.15) is 0 Å². The zero-order chi connectivity index (χ0) is 12.4. The Hall–Kier alpha value is -1.26. The average Bonchev–Trinajstić information content (AvgIpc) is 2.66. The molecule has 2 rings (SSSR count). The Morgan fingerprint density at radius 3 is 2.59 bits per heavy atom. The van der Waals surface area contributed by atoms with Crippen LogP contribution in [0.15, 0.2) is 24.3 Å². The number of methoxy groups -OCH3 is 1. The molecule has 4 nitrogen and oxygen atoms in total. The summed E-state index contributed by atoms with van der Waals surface area (Å²) in [7, 11) is 1.59. The molecular formula is C12H14ClNO3. The molecule has 1 N–H and O–H groups in total. The molecule has 0 saturated carbocycles. The standard InChI is InChI=1S/C12H14ClNO3/c1-17-10-4-2-9(3-5-10)14-6-8(7-15)11(13)12(14)16/h2-5,8,11,15H,6-7H2,1H3. The molecule has 0 bridgehead atoms. The van der Waals surface area contributed by atoms with E-state index in [-0.39, 0.29) is 18.4 Å². The highest BCUT2D eigenvalue weighted by Crippen LogP contribution is 2.29. The number of aliphatic hydroxyl groups excluding tert-OH is 1. The number of anilines is 1. The molecule has 92 valence electrons. The van der Waals surface area contributed by atoms with E-state index < -0.39 is 5.38 Å². The van der Waals surface area contributed by atoms with Gasteiger partial charge in [0.1, 0.15) is 11.1 Å². The van der Waals surface area contributed by atoms with Gasteiger partial charge in [-0.25, -0.2) is 0 Å². The van der Waals surface area contributed by atoms with Crippen molar-refractivity contribution in [2.45, 2.75) is 5.38 Å². The van der Waals surface area contributed by atoms with E-state index >= 15 is 0 Å². The molecule has 0 radical (unpaired) electrons. The van der Waals surface area contributed by atoms with Gasteiger partial charge in [-0.2, -0.15) is 0 Å². The summed E-state index contributed by atoms with van der Waals surface area (Å²) in [6, 6.07) is 7.19. The van der Waals surface area contributed by atoms with Gasteiger partial charge in [-0.3, -0.25) is 4.79 Å². The van der Waals surface area contributed by atoms with Gasteiger partial charge in [0.2, 0.25) is 5.91 Å². The first-order valence-corrected chi connectivity index (χ1v) is 5.81. The molecule has 1 fully saturated rings. The summed E-state index contributed by atoms with van der Waals surface area (Å²) in [6.45, 7) is 0.377. The number of halogens is 1. The summed E-state index contributed by atoms with van der Waals surface area (Å²) in [5.74, 6) is 0.378. The molecule has 1 heterocycles. The largest absolute Gasteiger partial charge is 0.497 e. The Morgan fingerprint density at radius 1 is 1.47 bits per heavy atom. The number of hydrogen-bond donors (Lipinski definition) is 1. The lowest BCUT2D eigenvalue weighted by Gasteiger charge is -2.16.